The van der Waals surface area contributed by atoms with Crippen molar-refractivity contribution in [2.45, 2.75) is 86.4 Å². The molecule has 2 aromatic rings. The lowest BCUT2D eigenvalue weighted by Gasteiger charge is -2.32. The van der Waals surface area contributed by atoms with Crippen molar-refractivity contribution < 1.29 is 24.1 Å². The molecule has 1 N–H and O–H groups in total. The van der Waals surface area contributed by atoms with E-state index in [4.69, 9.17) is 14.2 Å². The molecule has 1 heterocycles. The highest BCUT2D eigenvalue weighted by molar-refractivity contribution is 6.04. The zero-order chi connectivity index (χ0) is 26.6. The predicted octanol–water partition coefficient (Wildman–Crippen LogP) is 7.69. The van der Waals surface area contributed by atoms with Gasteiger partial charge in [0, 0.05) is 11.1 Å². The summed E-state index contributed by atoms with van der Waals surface area (Å²) in [5, 5.41) is 11.4. The summed E-state index contributed by atoms with van der Waals surface area (Å²) in [5.41, 5.74) is 4.32. The van der Waals surface area contributed by atoms with Gasteiger partial charge in [0.2, 0.25) is 0 Å². The van der Waals surface area contributed by atoms with Crippen LogP contribution in [0.3, 0.4) is 0 Å². The molecule has 1 aliphatic rings. The fourth-order valence-corrected chi connectivity index (χ4v) is 4.19. The number of carbonyl (C=O) groups is 1. The van der Waals surface area contributed by atoms with Crippen molar-refractivity contribution in [3.05, 3.63) is 69.8 Å². The number of phenols is 1. The summed E-state index contributed by atoms with van der Waals surface area (Å²) >= 11 is 0. The van der Waals surface area contributed by atoms with Crippen LogP contribution in [0, 0.1) is 0 Å². The molecule has 1 atom stereocenters. The van der Waals surface area contributed by atoms with E-state index >= 15 is 0 Å². The Balaban J connectivity index is 2.21. The number of rotatable bonds is 8. The van der Waals surface area contributed by atoms with Gasteiger partial charge in [0.1, 0.15) is 40.3 Å². The molecule has 0 aliphatic carbocycles. The largest absolute Gasteiger partial charge is 0.507 e. The van der Waals surface area contributed by atoms with Gasteiger partial charge in [-0.25, -0.2) is 0 Å². The maximum atomic E-state index is 13.5. The number of Topliss-reactive ketones (excluding diaryl/α,β-unsaturated/α-hetero) is 1. The van der Waals surface area contributed by atoms with Crippen LogP contribution in [0.25, 0.3) is 0 Å². The Bertz CT molecular complexity index is 1160. The minimum absolute atomic E-state index is 0.0437. The van der Waals surface area contributed by atoms with Gasteiger partial charge in [-0.15, -0.1) is 0 Å². The van der Waals surface area contributed by atoms with Crippen LogP contribution in [0.4, 0.5) is 0 Å². The molecule has 1 aliphatic heterocycles. The molecule has 2 aromatic carbocycles. The second-order valence-electron chi connectivity index (χ2n) is 10.8. The SMILES string of the molecule is CCOc1ccc(C2CC(=O)c3c(O)c(CC=C(C)C)c(OC(C)(C)C)c(CC=C(C)C)c3O2)cc1. The van der Waals surface area contributed by atoms with Crippen molar-refractivity contribution >= 4 is 5.78 Å². The van der Waals surface area contributed by atoms with Crippen molar-refractivity contribution in [3.8, 4) is 23.0 Å². The molecule has 3 rings (SSSR count). The summed E-state index contributed by atoms with van der Waals surface area (Å²) in [6.45, 7) is 16.6. The maximum absolute atomic E-state index is 13.5. The Hall–Kier alpha value is -3.21. The van der Waals surface area contributed by atoms with E-state index in [2.05, 4.69) is 6.08 Å². The van der Waals surface area contributed by atoms with Crippen molar-refractivity contribution in [2.24, 2.45) is 0 Å². The molecular formula is C31H40O5. The van der Waals surface area contributed by atoms with E-state index in [0.717, 1.165) is 28.0 Å². The van der Waals surface area contributed by atoms with E-state index in [1.807, 2.05) is 85.7 Å². The summed E-state index contributed by atoms with van der Waals surface area (Å²) < 4.78 is 18.6. The zero-order valence-electron chi connectivity index (χ0n) is 23.0. The highest BCUT2D eigenvalue weighted by Crippen LogP contribution is 2.50. The molecule has 0 fully saturated rings. The van der Waals surface area contributed by atoms with Gasteiger partial charge < -0.3 is 19.3 Å². The van der Waals surface area contributed by atoms with Crippen molar-refractivity contribution in [1.82, 2.24) is 0 Å². The first-order valence-corrected chi connectivity index (χ1v) is 12.7. The van der Waals surface area contributed by atoms with Crippen LogP contribution in [0.1, 0.15) is 95.0 Å². The summed E-state index contributed by atoms with van der Waals surface area (Å²) in [5.74, 6) is 1.61. The summed E-state index contributed by atoms with van der Waals surface area (Å²) in [6.07, 6.45) is 4.82. The molecule has 0 saturated heterocycles. The molecule has 5 nitrogen and oxygen atoms in total. The van der Waals surface area contributed by atoms with Crippen LogP contribution in [0.5, 0.6) is 23.0 Å². The highest BCUT2D eigenvalue weighted by Gasteiger charge is 2.36. The van der Waals surface area contributed by atoms with Gasteiger partial charge in [0.05, 0.1) is 13.0 Å². The molecule has 1 unspecified atom stereocenters. The van der Waals surface area contributed by atoms with Crippen LogP contribution in [-0.4, -0.2) is 23.1 Å². The minimum atomic E-state index is -0.507. The Morgan fingerprint density at radius 3 is 2.14 bits per heavy atom. The van der Waals surface area contributed by atoms with Crippen molar-refractivity contribution in [2.75, 3.05) is 6.61 Å². The lowest BCUT2D eigenvalue weighted by molar-refractivity contribution is 0.0837. The Kier molecular flexibility index (Phi) is 8.55. The first kappa shape index (κ1) is 27.4. The second-order valence-corrected chi connectivity index (χ2v) is 10.8. The summed E-state index contributed by atoms with van der Waals surface area (Å²) in [7, 11) is 0. The number of ketones is 1. The Morgan fingerprint density at radius 1 is 1.03 bits per heavy atom. The van der Waals surface area contributed by atoms with Crippen molar-refractivity contribution in [3.63, 3.8) is 0 Å². The maximum Gasteiger partial charge on any atom is 0.174 e. The van der Waals surface area contributed by atoms with Gasteiger partial charge in [0.25, 0.3) is 0 Å². The van der Waals surface area contributed by atoms with Gasteiger partial charge in [0.15, 0.2) is 5.78 Å². The molecule has 0 spiro atoms. The molecule has 194 valence electrons. The van der Waals surface area contributed by atoms with Crippen LogP contribution < -0.4 is 14.2 Å². The van der Waals surface area contributed by atoms with Gasteiger partial charge in [-0.1, -0.05) is 35.4 Å². The van der Waals surface area contributed by atoms with Gasteiger partial charge in [-0.2, -0.15) is 0 Å². The van der Waals surface area contributed by atoms with E-state index in [1.54, 1.807) is 0 Å². The molecule has 0 radical (unpaired) electrons. The standard InChI is InChI=1S/C31H40O5/c1-9-34-22-14-12-21(13-15-22)26-18-25(32)27-28(33)23(16-10-19(2)3)29(36-31(6,7)8)24(30(27)35-26)17-11-20(4)5/h10-15,26,33H,9,16-18H2,1-8H3. The summed E-state index contributed by atoms with van der Waals surface area (Å²) in [6, 6.07) is 7.64. The first-order valence-electron chi connectivity index (χ1n) is 12.7. The lowest BCUT2D eigenvalue weighted by atomic mass is 9.88. The number of hydrogen-bond donors (Lipinski definition) is 1. The van der Waals surface area contributed by atoms with Crippen LogP contribution in [-0.2, 0) is 12.8 Å². The topological polar surface area (TPSA) is 65.0 Å². The quantitative estimate of drug-likeness (QED) is 0.383. The monoisotopic (exact) mass is 492 g/mol. The number of benzene rings is 2. The Labute approximate surface area is 215 Å². The van der Waals surface area contributed by atoms with Gasteiger partial charge in [-0.3, -0.25) is 4.79 Å². The van der Waals surface area contributed by atoms with E-state index in [1.165, 1.54) is 0 Å². The number of phenolic OH excluding ortho intramolecular Hbond substituents is 1. The lowest BCUT2D eigenvalue weighted by Crippen LogP contribution is -2.27. The van der Waals surface area contributed by atoms with Crippen LogP contribution in [0.2, 0.25) is 0 Å². The van der Waals surface area contributed by atoms with Gasteiger partial charge >= 0.3 is 0 Å². The molecule has 5 heteroatoms. The first-order chi connectivity index (χ1) is 16.9. The number of carbonyl (C=O) groups excluding carboxylic acids is 1. The smallest absolute Gasteiger partial charge is 0.174 e. The normalized spacial score (nSPS) is 15.0. The number of hydrogen-bond acceptors (Lipinski definition) is 5. The van der Waals surface area contributed by atoms with Crippen molar-refractivity contribution in [1.29, 1.82) is 0 Å². The number of aromatic hydroxyl groups is 1. The van der Waals surface area contributed by atoms with Crippen LogP contribution >= 0.6 is 0 Å². The third-order valence-electron chi connectivity index (χ3n) is 5.88. The fraction of sp³-hybridized carbons (Fsp3) is 0.452. The average Bonchev–Trinajstić information content (AvgIpc) is 2.77. The molecule has 0 bridgehead atoms. The van der Waals surface area contributed by atoms with E-state index in [0.29, 0.717) is 36.5 Å². The Morgan fingerprint density at radius 2 is 1.61 bits per heavy atom. The highest BCUT2D eigenvalue weighted by atomic mass is 16.5. The van der Waals surface area contributed by atoms with Crippen LogP contribution in [0.15, 0.2) is 47.6 Å². The molecule has 0 saturated carbocycles. The number of fused-ring (bicyclic) bond motifs is 1. The zero-order valence-corrected chi connectivity index (χ0v) is 23.0. The number of allylic oxidation sites excluding steroid dienone is 4. The van der Waals surface area contributed by atoms with E-state index in [9.17, 15) is 9.90 Å². The summed E-state index contributed by atoms with van der Waals surface area (Å²) in [4.78, 5) is 13.5. The minimum Gasteiger partial charge on any atom is -0.507 e. The third kappa shape index (κ3) is 6.51. The average molecular weight is 493 g/mol. The molecule has 36 heavy (non-hydrogen) atoms. The van der Waals surface area contributed by atoms with Gasteiger partial charge in [-0.05, 0) is 85.9 Å². The van der Waals surface area contributed by atoms with E-state index < -0.39 is 11.7 Å². The molecule has 0 amide bonds. The predicted molar refractivity (Wildman–Crippen MR) is 145 cm³/mol. The fourth-order valence-electron chi connectivity index (χ4n) is 4.19. The third-order valence-corrected chi connectivity index (χ3v) is 5.88. The second kappa shape index (κ2) is 11.2. The van der Waals surface area contributed by atoms with E-state index in [-0.39, 0.29) is 23.5 Å². The number of ether oxygens (including phenoxy) is 3. The molecule has 0 aromatic heterocycles. The molecular weight excluding hydrogens is 452 g/mol.